The molecule has 6 nitrogen and oxygen atoms in total. The second kappa shape index (κ2) is 6.10. The van der Waals surface area contributed by atoms with Gasteiger partial charge in [0, 0.05) is 17.6 Å². The maximum atomic E-state index is 9.10. The number of hydrogen-bond donors (Lipinski definition) is 1. The smallest absolute Gasteiger partial charge is 0.142 e. The normalized spacial score (nSPS) is 18.2. The Kier molecular flexibility index (Phi) is 3.79. The number of aromatic nitrogens is 3. The Labute approximate surface area is 140 Å². The first-order valence-corrected chi connectivity index (χ1v) is 8.33. The van der Waals surface area contributed by atoms with Crippen LogP contribution in [-0.2, 0) is 0 Å². The zero-order valence-corrected chi connectivity index (χ0v) is 13.6. The van der Waals surface area contributed by atoms with Crippen LogP contribution in [0.3, 0.4) is 0 Å². The van der Waals surface area contributed by atoms with E-state index in [0.29, 0.717) is 18.3 Å². The lowest BCUT2D eigenvalue weighted by atomic mass is 10.2. The zero-order valence-electron chi connectivity index (χ0n) is 13.6. The first-order valence-electron chi connectivity index (χ1n) is 8.33. The molecule has 1 atom stereocenters. The SMILES string of the molecule is CCN1CCC[C@H]1COc1ccnc2[nH]c3cnc(C#N)cc3c12. The van der Waals surface area contributed by atoms with E-state index in [1.165, 1.54) is 12.8 Å². The third-order valence-corrected chi connectivity index (χ3v) is 4.79. The highest BCUT2D eigenvalue weighted by atomic mass is 16.5. The van der Waals surface area contributed by atoms with E-state index in [1.807, 2.05) is 6.07 Å². The summed E-state index contributed by atoms with van der Waals surface area (Å²) in [5.74, 6) is 0.810. The lowest BCUT2D eigenvalue weighted by molar-refractivity contribution is 0.180. The van der Waals surface area contributed by atoms with Crippen molar-refractivity contribution in [2.24, 2.45) is 0 Å². The maximum absolute atomic E-state index is 9.10. The molecule has 3 aromatic rings. The monoisotopic (exact) mass is 321 g/mol. The van der Waals surface area contributed by atoms with E-state index in [9.17, 15) is 0 Å². The minimum Gasteiger partial charge on any atom is -0.491 e. The second-order valence-electron chi connectivity index (χ2n) is 6.12. The largest absolute Gasteiger partial charge is 0.491 e. The van der Waals surface area contributed by atoms with Crippen molar-refractivity contribution in [1.82, 2.24) is 19.9 Å². The fraction of sp³-hybridized carbons (Fsp3) is 0.389. The summed E-state index contributed by atoms with van der Waals surface area (Å²) in [6.45, 7) is 5.08. The Bertz CT molecular complexity index is 926. The summed E-state index contributed by atoms with van der Waals surface area (Å²) >= 11 is 0. The van der Waals surface area contributed by atoms with E-state index in [-0.39, 0.29) is 0 Å². The highest BCUT2D eigenvalue weighted by molar-refractivity contribution is 6.09. The van der Waals surface area contributed by atoms with Crippen LogP contribution >= 0.6 is 0 Å². The Morgan fingerprint density at radius 2 is 2.38 bits per heavy atom. The molecule has 4 rings (SSSR count). The van der Waals surface area contributed by atoms with Gasteiger partial charge >= 0.3 is 0 Å². The number of rotatable bonds is 4. The van der Waals surface area contributed by atoms with Crippen LogP contribution in [-0.4, -0.2) is 45.6 Å². The summed E-state index contributed by atoms with van der Waals surface area (Å²) in [6.07, 6.45) is 5.84. The van der Waals surface area contributed by atoms with Crippen molar-refractivity contribution in [1.29, 1.82) is 5.26 Å². The highest BCUT2D eigenvalue weighted by Crippen LogP contribution is 2.32. The topological polar surface area (TPSA) is 77.8 Å². The zero-order chi connectivity index (χ0) is 16.5. The number of hydrogen-bond acceptors (Lipinski definition) is 5. The quantitative estimate of drug-likeness (QED) is 0.799. The fourth-order valence-corrected chi connectivity index (χ4v) is 3.56. The molecule has 0 spiro atoms. The minimum atomic E-state index is 0.395. The van der Waals surface area contributed by atoms with E-state index < -0.39 is 0 Å². The van der Waals surface area contributed by atoms with Crippen molar-refractivity contribution in [2.75, 3.05) is 19.7 Å². The Morgan fingerprint density at radius 3 is 3.21 bits per heavy atom. The van der Waals surface area contributed by atoms with Crippen LogP contribution in [0.25, 0.3) is 21.9 Å². The van der Waals surface area contributed by atoms with Crippen LogP contribution < -0.4 is 4.74 Å². The summed E-state index contributed by atoms with van der Waals surface area (Å²) in [5, 5.41) is 11.0. The number of ether oxygens (including phenoxy) is 1. The fourth-order valence-electron chi connectivity index (χ4n) is 3.56. The van der Waals surface area contributed by atoms with Gasteiger partial charge in [-0.25, -0.2) is 9.97 Å². The molecule has 1 aliphatic rings. The van der Waals surface area contributed by atoms with Crippen LogP contribution in [0.2, 0.25) is 0 Å². The molecule has 0 aliphatic carbocycles. The van der Waals surface area contributed by atoms with Gasteiger partial charge in [-0.05, 0) is 38.1 Å². The number of fused-ring (bicyclic) bond motifs is 3. The van der Waals surface area contributed by atoms with Crippen molar-refractivity contribution in [2.45, 2.75) is 25.8 Å². The van der Waals surface area contributed by atoms with Crippen molar-refractivity contribution in [3.63, 3.8) is 0 Å². The summed E-state index contributed by atoms with van der Waals surface area (Å²) in [4.78, 5) is 14.2. The Balaban J connectivity index is 1.71. The minimum absolute atomic E-state index is 0.395. The molecule has 0 aromatic carbocycles. The molecule has 0 amide bonds. The van der Waals surface area contributed by atoms with E-state index >= 15 is 0 Å². The average Bonchev–Trinajstić information content (AvgIpc) is 3.23. The van der Waals surface area contributed by atoms with Crippen molar-refractivity contribution in [3.05, 3.63) is 30.2 Å². The molecule has 6 heteroatoms. The molecule has 122 valence electrons. The molecular weight excluding hydrogens is 302 g/mol. The molecule has 0 bridgehead atoms. The third-order valence-electron chi connectivity index (χ3n) is 4.79. The van der Waals surface area contributed by atoms with E-state index in [1.54, 1.807) is 18.5 Å². The number of likely N-dealkylation sites (N-methyl/N-ethyl adjacent to an activating group) is 1. The van der Waals surface area contributed by atoms with Crippen molar-refractivity contribution < 1.29 is 4.74 Å². The molecule has 0 saturated carbocycles. The lowest BCUT2D eigenvalue weighted by Gasteiger charge is -2.22. The second-order valence-corrected chi connectivity index (χ2v) is 6.12. The van der Waals surface area contributed by atoms with Gasteiger partial charge in [-0.1, -0.05) is 6.92 Å². The first-order chi connectivity index (χ1) is 11.8. The number of nitriles is 1. The van der Waals surface area contributed by atoms with Crippen LogP contribution in [0.15, 0.2) is 24.5 Å². The number of pyridine rings is 2. The molecular formula is C18H19N5O. The standard InChI is InChI=1S/C18H19N5O/c1-2-23-7-3-4-13(23)11-24-16-5-6-20-18-17(16)14-8-12(9-19)21-10-15(14)22-18/h5-6,8,10,13H,2-4,7,11H2,1H3,(H,20,22)/t13-/m0/s1. The van der Waals surface area contributed by atoms with E-state index in [2.05, 4.69) is 32.8 Å². The lowest BCUT2D eigenvalue weighted by Crippen LogP contribution is -2.33. The van der Waals surface area contributed by atoms with Gasteiger partial charge < -0.3 is 9.72 Å². The molecule has 24 heavy (non-hydrogen) atoms. The van der Waals surface area contributed by atoms with Gasteiger partial charge in [0.15, 0.2) is 0 Å². The number of H-pyrrole nitrogens is 1. The van der Waals surface area contributed by atoms with Gasteiger partial charge in [0.1, 0.15) is 29.8 Å². The van der Waals surface area contributed by atoms with Gasteiger partial charge in [0.05, 0.1) is 17.1 Å². The molecule has 0 radical (unpaired) electrons. The van der Waals surface area contributed by atoms with E-state index in [4.69, 9.17) is 10.00 Å². The van der Waals surface area contributed by atoms with Crippen LogP contribution in [0.4, 0.5) is 0 Å². The maximum Gasteiger partial charge on any atom is 0.142 e. The molecule has 1 aliphatic heterocycles. The van der Waals surface area contributed by atoms with Gasteiger partial charge in [0.2, 0.25) is 0 Å². The first kappa shape index (κ1) is 14.9. The Morgan fingerprint density at radius 1 is 1.46 bits per heavy atom. The van der Waals surface area contributed by atoms with E-state index in [0.717, 1.165) is 40.8 Å². The predicted molar refractivity (Wildman–Crippen MR) is 91.9 cm³/mol. The van der Waals surface area contributed by atoms with Gasteiger partial charge in [-0.2, -0.15) is 5.26 Å². The number of likely N-dealkylation sites (tertiary alicyclic amines) is 1. The van der Waals surface area contributed by atoms with Crippen LogP contribution in [0.1, 0.15) is 25.5 Å². The average molecular weight is 321 g/mol. The van der Waals surface area contributed by atoms with Gasteiger partial charge in [-0.3, -0.25) is 4.90 Å². The number of aromatic amines is 1. The summed E-state index contributed by atoms with van der Waals surface area (Å²) in [5.41, 5.74) is 2.02. The summed E-state index contributed by atoms with van der Waals surface area (Å²) in [7, 11) is 0. The third kappa shape index (κ3) is 2.47. The molecule has 1 fully saturated rings. The molecule has 1 saturated heterocycles. The molecule has 0 unspecified atom stereocenters. The van der Waals surface area contributed by atoms with Crippen LogP contribution in [0, 0.1) is 11.3 Å². The molecule has 4 heterocycles. The Hall–Kier alpha value is -2.65. The number of nitrogens with one attached hydrogen (secondary N) is 1. The highest BCUT2D eigenvalue weighted by Gasteiger charge is 2.24. The summed E-state index contributed by atoms with van der Waals surface area (Å²) < 4.78 is 6.17. The molecule has 3 aromatic heterocycles. The number of nitrogens with zero attached hydrogens (tertiary/aromatic N) is 4. The van der Waals surface area contributed by atoms with Crippen molar-refractivity contribution in [3.8, 4) is 11.8 Å². The van der Waals surface area contributed by atoms with Crippen molar-refractivity contribution >= 4 is 21.9 Å². The van der Waals surface area contributed by atoms with Gasteiger partial charge in [0.25, 0.3) is 0 Å². The van der Waals surface area contributed by atoms with Crippen LogP contribution in [0.5, 0.6) is 5.75 Å². The predicted octanol–water partition coefficient (Wildman–Crippen LogP) is 2.85. The van der Waals surface area contributed by atoms with Gasteiger partial charge in [-0.15, -0.1) is 0 Å². The molecule has 1 N–H and O–H groups in total. The summed E-state index contributed by atoms with van der Waals surface area (Å²) in [6, 6.07) is 6.25.